The van der Waals surface area contributed by atoms with Crippen molar-refractivity contribution in [3.63, 3.8) is 0 Å². The lowest BCUT2D eigenvalue weighted by Crippen LogP contribution is -2.28. The Labute approximate surface area is 174 Å². The van der Waals surface area contributed by atoms with E-state index in [9.17, 15) is 9.59 Å². The van der Waals surface area contributed by atoms with Crippen LogP contribution in [-0.4, -0.2) is 33.5 Å². The average Bonchev–Trinajstić information content (AvgIpc) is 3.34. The SMILES string of the molecule is Cc1cccc(NC(=O)NCc2nc([C@H]3CC(=O)N(Cc4ccccc4)C3)no2)c1. The van der Waals surface area contributed by atoms with Gasteiger partial charge >= 0.3 is 6.03 Å². The van der Waals surface area contributed by atoms with E-state index in [1.807, 2.05) is 66.4 Å². The topological polar surface area (TPSA) is 100 Å². The summed E-state index contributed by atoms with van der Waals surface area (Å²) < 4.78 is 5.25. The van der Waals surface area contributed by atoms with Crippen LogP contribution >= 0.6 is 0 Å². The summed E-state index contributed by atoms with van der Waals surface area (Å²) in [6, 6.07) is 17.0. The Balaban J connectivity index is 1.29. The molecule has 2 N–H and O–H groups in total. The molecule has 0 bridgehead atoms. The molecule has 8 heteroatoms. The van der Waals surface area contributed by atoms with Gasteiger partial charge in [-0.2, -0.15) is 4.98 Å². The number of likely N-dealkylation sites (tertiary alicyclic amines) is 1. The van der Waals surface area contributed by atoms with Crippen molar-refractivity contribution in [3.05, 3.63) is 77.4 Å². The minimum absolute atomic E-state index is 0.0749. The van der Waals surface area contributed by atoms with E-state index in [0.717, 1.165) is 11.1 Å². The number of carbonyl (C=O) groups is 2. The molecule has 0 aliphatic carbocycles. The molecule has 1 aliphatic heterocycles. The predicted molar refractivity (Wildman–Crippen MR) is 111 cm³/mol. The van der Waals surface area contributed by atoms with Crippen molar-refractivity contribution in [2.24, 2.45) is 0 Å². The first-order valence-corrected chi connectivity index (χ1v) is 9.82. The number of nitrogens with zero attached hydrogens (tertiary/aromatic N) is 3. The normalized spacial score (nSPS) is 16.0. The maximum absolute atomic E-state index is 12.4. The van der Waals surface area contributed by atoms with E-state index in [2.05, 4.69) is 20.8 Å². The third kappa shape index (κ3) is 4.83. The maximum atomic E-state index is 12.4. The molecule has 1 saturated heterocycles. The van der Waals surface area contributed by atoms with E-state index < -0.39 is 0 Å². The van der Waals surface area contributed by atoms with Crippen LogP contribution in [0.25, 0.3) is 0 Å². The molecule has 3 amide bonds. The third-order valence-corrected chi connectivity index (χ3v) is 4.96. The van der Waals surface area contributed by atoms with Crippen LogP contribution in [0.3, 0.4) is 0 Å². The third-order valence-electron chi connectivity index (χ3n) is 4.96. The van der Waals surface area contributed by atoms with Crippen LogP contribution in [-0.2, 0) is 17.9 Å². The maximum Gasteiger partial charge on any atom is 0.319 e. The van der Waals surface area contributed by atoms with Crippen LogP contribution < -0.4 is 10.6 Å². The number of nitrogens with one attached hydrogen (secondary N) is 2. The summed E-state index contributed by atoms with van der Waals surface area (Å²) in [5.74, 6) is 0.763. The fraction of sp³-hybridized carbons (Fsp3) is 0.273. The molecular formula is C22H23N5O3. The molecular weight excluding hydrogens is 382 g/mol. The first kappa shape index (κ1) is 19.6. The number of aryl methyl sites for hydroxylation is 1. The Morgan fingerprint density at radius 2 is 2.03 bits per heavy atom. The number of urea groups is 1. The molecule has 1 atom stereocenters. The highest BCUT2D eigenvalue weighted by atomic mass is 16.5. The Hall–Kier alpha value is -3.68. The van der Waals surface area contributed by atoms with E-state index in [1.165, 1.54) is 0 Å². The Morgan fingerprint density at radius 3 is 2.83 bits per heavy atom. The largest absolute Gasteiger partial charge is 0.338 e. The lowest BCUT2D eigenvalue weighted by atomic mass is 10.1. The molecule has 0 spiro atoms. The number of carbonyl (C=O) groups excluding carboxylic acids is 2. The van der Waals surface area contributed by atoms with E-state index in [4.69, 9.17) is 4.52 Å². The van der Waals surface area contributed by atoms with Gasteiger partial charge in [-0.1, -0.05) is 47.6 Å². The minimum atomic E-state index is -0.356. The van der Waals surface area contributed by atoms with Crippen molar-refractivity contribution in [2.75, 3.05) is 11.9 Å². The quantitative estimate of drug-likeness (QED) is 0.656. The molecule has 2 aromatic carbocycles. The van der Waals surface area contributed by atoms with Gasteiger partial charge in [0.15, 0.2) is 5.82 Å². The standard InChI is InChI=1S/C22H23N5O3/c1-15-6-5-9-18(10-15)24-22(29)23-12-19-25-21(26-30-19)17-11-20(28)27(14-17)13-16-7-3-2-4-8-16/h2-10,17H,11-14H2,1H3,(H2,23,24,29)/t17-/m0/s1. The predicted octanol–water partition coefficient (Wildman–Crippen LogP) is 3.22. The van der Waals surface area contributed by atoms with Gasteiger partial charge in [-0.3, -0.25) is 4.79 Å². The zero-order valence-electron chi connectivity index (χ0n) is 16.7. The summed E-state index contributed by atoms with van der Waals surface area (Å²) in [4.78, 5) is 30.6. The molecule has 8 nitrogen and oxygen atoms in total. The molecule has 1 aliphatic rings. The zero-order chi connectivity index (χ0) is 20.9. The fourth-order valence-corrected chi connectivity index (χ4v) is 3.46. The number of hydrogen-bond acceptors (Lipinski definition) is 5. The number of rotatable bonds is 6. The summed E-state index contributed by atoms with van der Waals surface area (Å²) in [7, 11) is 0. The van der Waals surface area contributed by atoms with Gasteiger partial charge < -0.3 is 20.1 Å². The molecule has 1 aromatic heterocycles. The van der Waals surface area contributed by atoms with Crippen molar-refractivity contribution < 1.29 is 14.1 Å². The van der Waals surface area contributed by atoms with Crippen LogP contribution in [0, 0.1) is 6.92 Å². The Morgan fingerprint density at radius 1 is 1.20 bits per heavy atom. The second-order valence-electron chi connectivity index (χ2n) is 7.38. The van der Waals surface area contributed by atoms with Crippen LogP contribution in [0.4, 0.5) is 10.5 Å². The van der Waals surface area contributed by atoms with E-state index in [-0.39, 0.29) is 24.4 Å². The van der Waals surface area contributed by atoms with Crippen LogP contribution in [0.2, 0.25) is 0 Å². The van der Waals surface area contributed by atoms with Gasteiger partial charge in [-0.25, -0.2) is 4.79 Å². The lowest BCUT2D eigenvalue weighted by Gasteiger charge is -2.15. The highest BCUT2D eigenvalue weighted by molar-refractivity contribution is 5.89. The van der Waals surface area contributed by atoms with Gasteiger partial charge in [0, 0.05) is 31.1 Å². The van der Waals surface area contributed by atoms with Crippen molar-refractivity contribution in [2.45, 2.75) is 32.4 Å². The molecule has 0 unspecified atom stereocenters. The van der Waals surface area contributed by atoms with Gasteiger partial charge in [-0.15, -0.1) is 0 Å². The van der Waals surface area contributed by atoms with Crippen LogP contribution in [0.1, 0.15) is 35.2 Å². The van der Waals surface area contributed by atoms with Gasteiger partial charge in [0.1, 0.15) is 0 Å². The van der Waals surface area contributed by atoms with E-state index in [1.54, 1.807) is 0 Å². The summed E-state index contributed by atoms with van der Waals surface area (Å²) >= 11 is 0. The van der Waals surface area contributed by atoms with Gasteiger partial charge in [0.25, 0.3) is 0 Å². The number of hydrogen-bond donors (Lipinski definition) is 2. The number of amides is 3. The Bertz CT molecular complexity index is 1030. The first-order valence-electron chi connectivity index (χ1n) is 9.82. The molecule has 2 heterocycles. The zero-order valence-corrected chi connectivity index (χ0v) is 16.7. The molecule has 3 aromatic rings. The molecule has 1 fully saturated rings. The fourth-order valence-electron chi connectivity index (χ4n) is 3.46. The van der Waals surface area contributed by atoms with Crippen LogP contribution in [0.5, 0.6) is 0 Å². The lowest BCUT2D eigenvalue weighted by molar-refractivity contribution is -0.128. The average molecular weight is 405 g/mol. The first-order chi connectivity index (χ1) is 14.6. The van der Waals surface area contributed by atoms with Crippen molar-refractivity contribution >= 4 is 17.6 Å². The highest BCUT2D eigenvalue weighted by Gasteiger charge is 2.33. The number of anilines is 1. The van der Waals surface area contributed by atoms with E-state index >= 15 is 0 Å². The second kappa shape index (κ2) is 8.77. The second-order valence-corrected chi connectivity index (χ2v) is 7.38. The summed E-state index contributed by atoms with van der Waals surface area (Å²) in [6.07, 6.45) is 0.354. The Kier molecular flexibility index (Phi) is 5.74. The van der Waals surface area contributed by atoms with Gasteiger partial charge in [-0.05, 0) is 30.2 Å². The highest BCUT2D eigenvalue weighted by Crippen LogP contribution is 2.27. The summed E-state index contributed by atoms with van der Waals surface area (Å²) in [5, 5.41) is 9.47. The molecule has 0 saturated carbocycles. The molecule has 154 valence electrons. The smallest absolute Gasteiger partial charge is 0.319 e. The molecule has 30 heavy (non-hydrogen) atoms. The summed E-state index contributed by atoms with van der Waals surface area (Å²) in [6.45, 7) is 3.19. The van der Waals surface area contributed by atoms with Crippen LogP contribution in [0.15, 0.2) is 59.1 Å². The number of benzene rings is 2. The van der Waals surface area contributed by atoms with Gasteiger partial charge in [0.2, 0.25) is 11.8 Å². The van der Waals surface area contributed by atoms with Crippen molar-refractivity contribution in [1.29, 1.82) is 0 Å². The van der Waals surface area contributed by atoms with Gasteiger partial charge in [0.05, 0.1) is 6.54 Å². The molecule has 0 radical (unpaired) electrons. The minimum Gasteiger partial charge on any atom is -0.338 e. The van der Waals surface area contributed by atoms with Crippen molar-refractivity contribution in [3.8, 4) is 0 Å². The monoisotopic (exact) mass is 405 g/mol. The molecule has 4 rings (SSSR count). The van der Waals surface area contributed by atoms with Crippen molar-refractivity contribution in [1.82, 2.24) is 20.4 Å². The van der Waals surface area contributed by atoms with E-state index in [0.29, 0.717) is 36.9 Å². The number of aromatic nitrogens is 2. The summed E-state index contributed by atoms with van der Waals surface area (Å²) in [5.41, 5.74) is 2.85.